The summed E-state index contributed by atoms with van der Waals surface area (Å²) in [7, 11) is 0. The SMILES string of the molecule is CCC(C)=C(N)/C(C)=C\N(C(C)=O)C1CC=C(CN=O)O1. The van der Waals surface area contributed by atoms with Gasteiger partial charge in [-0.1, -0.05) is 17.7 Å². The molecular weight excluding hydrogens is 270 g/mol. The van der Waals surface area contributed by atoms with Crippen molar-refractivity contribution in [3.8, 4) is 0 Å². The van der Waals surface area contributed by atoms with Crippen LogP contribution >= 0.6 is 0 Å². The molecule has 1 unspecified atom stereocenters. The second kappa shape index (κ2) is 7.61. The summed E-state index contributed by atoms with van der Waals surface area (Å²) in [4.78, 5) is 23.6. The van der Waals surface area contributed by atoms with E-state index in [9.17, 15) is 9.70 Å². The number of amides is 1. The van der Waals surface area contributed by atoms with Gasteiger partial charge in [-0.05, 0) is 31.9 Å². The summed E-state index contributed by atoms with van der Waals surface area (Å²) in [5.74, 6) is 0.357. The van der Waals surface area contributed by atoms with Crippen LogP contribution in [-0.4, -0.2) is 23.6 Å². The van der Waals surface area contributed by atoms with Gasteiger partial charge in [0.15, 0.2) is 6.23 Å². The van der Waals surface area contributed by atoms with E-state index >= 15 is 0 Å². The highest BCUT2D eigenvalue weighted by Gasteiger charge is 2.26. The van der Waals surface area contributed by atoms with Crippen molar-refractivity contribution in [3.05, 3.63) is 39.8 Å². The Balaban J connectivity index is 2.90. The molecule has 1 aliphatic heterocycles. The number of carbonyl (C=O) groups is 1. The zero-order chi connectivity index (χ0) is 16.0. The van der Waals surface area contributed by atoms with Crippen LogP contribution < -0.4 is 5.73 Å². The molecule has 0 aromatic heterocycles. The molecule has 21 heavy (non-hydrogen) atoms. The lowest BCUT2D eigenvalue weighted by Gasteiger charge is -2.25. The summed E-state index contributed by atoms with van der Waals surface area (Å²) in [6, 6.07) is 0. The normalized spacial score (nSPS) is 19.5. The number of hydrogen-bond donors (Lipinski definition) is 1. The number of ether oxygens (including phenoxy) is 1. The van der Waals surface area contributed by atoms with E-state index < -0.39 is 6.23 Å². The molecule has 1 rings (SSSR count). The van der Waals surface area contributed by atoms with Crippen molar-refractivity contribution >= 4 is 5.91 Å². The molecule has 1 amide bonds. The van der Waals surface area contributed by atoms with Gasteiger partial charge in [0.25, 0.3) is 0 Å². The Hall–Kier alpha value is -2.11. The van der Waals surface area contributed by atoms with Gasteiger partial charge in [-0.25, -0.2) is 0 Å². The van der Waals surface area contributed by atoms with Crippen LogP contribution in [0, 0.1) is 4.91 Å². The first-order chi connectivity index (χ1) is 9.90. The first-order valence-electron chi connectivity index (χ1n) is 6.98. The minimum Gasteiger partial charge on any atom is -0.472 e. The Labute approximate surface area is 125 Å². The van der Waals surface area contributed by atoms with E-state index in [1.165, 1.54) is 11.8 Å². The summed E-state index contributed by atoms with van der Waals surface area (Å²) in [5.41, 5.74) is 8.63. The van der Waals surface area contributed by atoms with Gasteiger partial charge in [-0.15, -0.1) is 0 Å². The van der Waals surface area contributed by atoms with Crippen molar-refractivity contribution < 1.29 is 9.53 Å². The van der Waals surface area contributed by atoms with Crippen LogP contribution in [0.2, 0.25) is 0 Å². The number of nitrogens with two attached hydrogens (primary N) is 1. The summed E-state index contributed by atoms with van der Waals surface area (Å²) in [6.45, 7) is 7.31. The van der Waals surface area contributed by atoms with Gasteiger partial charge in [0.05, 0.1) is 0 Å². The topological polar surface area (TPSA) is 85.0 Å². The summed E-state index contributed by atoms with van der Waals surface area (Å²) < 4.78 is 5.56. The number of hydrogen-bond acceptors (Lipinski definition) is 5. The Kier molecular flexibility index (Phi) is 6.14. The van der Waals surface area contributed by atoms with E-state index in [1.54, 1.807) is 12.3 Å². The smallest absolute Gasteiger partial charge is 0.226 e. The molecule has 0 aliphatic carbocycles. The lowest BCUT2D eigenvalue weighted by atomic mass is 10.1. The predicted molar refractivity (Wildman–Crippen MR) is 81.7 cm³/mol. The number of allylic oxidation sites excluding steroid dienone is 2. The molecule has 6 nitrogen and oxygen atoms in total. The van der Waals surface area contributed by atoms with E-state index in [0.29, 0.717) is 17.9 Å². The molecule has 0 aromatic carbocycles. The van der Waals surface area contributed by atoms with E-state index in [1.807, 2.05) is 20.8 Å². The fraction of sp³-hybridized carbons (Fsp3) is 0.533. The molecule has 0 saturated carbocycles. The lowest BCUT2D eigenvalue weighted by Crippen LogP contribution is -2.35. The molecule has 2 N–H and O–H groups in total. The maximum Gasteiger partial charge on any atom is 0.226 e. The number of carbonyl (C=O) groups excluding carboxylic acids is 1. The van der Waals surface area contributed by atoms with Gasteiger partial charge in [-0.3, -0.25) is 9.69 Å². The Morgan fingerprint density at radius 2 is 2.19 bits per heavy atom. The highest BCUT2D eigenvalue weighted by molar-refractivity contribution is 5.75. The standard InChI is InChI=1S/C15H23N3O3/c1-5-10(2)15(16)11(3)9-18(12(4)19)14-7-6-13(21-14)8-17-20/h6,9,14H,5,7-8,16H2,1-4H3/b11-9-,15-10?. The summed E-state index contributed by atoms with van der Waals surface area (Å²) in [6.07, 6.45) is 4.43. The molecule has 0 spiro atoms. The highest BCUT2D eigenvalue weighted by atomic mass is 16.5. The zero-order valence-electron chi connectivity index (χ0n) is 13.0. The van der Waals surface area contributed by atoms with Gasteiger partial charge in [0, 0.05) is 25.2 Å². The second-order valence-electron chi connectivity index (χ2n) is 5.05. The first kappa shape index (κ1) is 16.9. The average molecular weight is 293 g/mol. The molecule has 1 aliphatic rings. The third kappa shape index (κ3) is 4.44. The largest absolute Gasteiger partial charge is 0.472 e. The first-order valence-corrected chi connectivity index (χ1v) is 6.98. The van der Waals surface area contributed by atoms with Gasteiger partial charge < -0.3 is 10.5 Å². The van der Waals surface area contributed by atoms with E-state index in [0.717, 1.165) is 17.6 Å². The fourth-order valence-electron chi connectivity index (χ4n) is 2.02. The quantitative estimate of drug-likeness (QED) is 0.602. The Morgan fingerprint density at radius 3 is 2.71 bits per heavy atom. The Morgan fingerprint density at radius 1 is 1.52 bits per heavy atom. The Bertz CT molecular complexity index is 506. The molecule has 6 heteroatoms. The zero-order valence-corrected chi connectivity index (χ0v) is 13.0. The number of rotatable bonds is 6. The van der Waals surface area contributed by atoms with Crippen molar-refractivity contribution in [3.63, 3.8) is 0 Å². The maximum absolute atomic E-state index is 11.8. The lowest BCUT2D eigenvalue weighted by molar-refractivity contribution is -0.134. The third-order valence-electron chi connectivity index (χ3n) is 3.48. The van der Waals surface area contributed by atoms with Gasteiger partial charge >= 0.3 is 0 Å². The molecule has 0 saturated heterocycles. The van der Waals surface area contributed by atoms with Crippen molar-refractivity contribution in [2.45, 2.75) is 46.8 Å². The van der Waals surface area contributed by atoms with Crippen LogP contribution in [0.3, 0.4) is 0 Å². The predicted octanol–water partition coefficient (Wildman–Crippen LogP) is 2.78. The molecule has 116 valence electrons. The van der Waals surface area contributed by atoms with Gasteiger partial charge in [0.2, 0.25) is 5.91 Å². The number of nitroso groups, excluding NO2 is 1. The van der Waals surface area contributed by atoms with Crippen LogP contribution in [0.15, 0.2) is 40.1 Å². The van der Waals surface area contributed by atoms with E-state index in [-0.39, 0.29) is 12.5 Å². The summed E-state index contributed by atoms with van der Waals surface area (Å²) in [5, 5.41) is 2.79. The van der Waals surface area contributed by atoms with Crippen LogP contribution in [-0.2, 0) is 9.53 Å². The molecule has 0 aromatic rings. The fourth-order valence-corrected chi connectivity index (χ4v) is 2.02. The third-order valence-corrected chi connectivity index (χ3v) is 3.48. The van der Waals surface area contributed by atoms with Crippen molar-refractivity contribution in [2.75, 3.05) is 6.54 Å². The van der Waals surface area contributed by atoms with Gasteiger partial charge in [0.1, 0.15) is 12.3 Å². The van der Waals surface area contributed by atoms with Crippen molar-refractivity contribution in [2.24, 2.45) is 10.9 Å². The van der Waals surface area contributed by atoms with Crippen molar-refractivity contribution in [1.29, 1.82) is 0 Å². The van der Waals surface area contributed by atoms with Gasteiger partial charge in [-0.2, -0.15) is 4.91 Å². The minimum atomic E-state index is -0.441. The highest BCUT2D eigenvalue weighted by Crippen LogP contribution is 2.23. The maximum atomic E-state index is 11.8. The molecule has 0 bridgehead atoms. The molecule has 0 radical (unpaired) electrons. The van der Waals surface area contributed by atoms with Crippen LogP contribution in [0.4, 0.5) is 0 Å². The number of nitrogens with zero attached hydrogens (tertiary/aromatic N) is 2. The second-order valence-corrected chi connectivity index (χ2v) is 5.05. The minimum absolute atomic E-state index is 0.0120. The van der Waals surface area contributed by atoms with E-state index in [2.05, 4.69) is 5.18 Å². The molecule has 0 fully saturated rings. The molecule has 1 atom stereocenters. The molecule has 1 heterocycles. The monoisotopic (exact) mass is 293 g/mol. The molecular formula is C15H23N3O3. The summed E-state index contributed by atoms with van der Waals surface area (Å²) >= 11 is 0. The van der Waals surface area contributed by atoms with E-state index in [4.69, 9.17) is 10.5 Å². The average Bonchev–Trinajstić information content (AvgIpc) is 2.91. The van der Waals surface area contributed by atoms with Crippen LogP contribution in [0.1, 0.15) is 40.5 Å². The van der Waals surface area contributed by atoms with Crippen LogP contribution in [0.25, 0.3) is 0 Å². The van der Waals surface area contributed by atoms with Crippen molar-refractivity contribution in [1.82, 2.24) is 4.90 Å². The van der Waals surface area contributed by atoms with Crippen LogP contribution in [0.5, 0.6) is 0 Å².